The van der Waals surface area contributed by atoms with Crippen LogP contribution in [0, 0.1) is 0 Å². The Morgan fingerprint density at radius 1 is 1.00 bits per heavy atom. The van der Waals surface area contributed by atoms with E-state index in [0.717, 1.165) is 25.0 Å². The zero-order valence-corrected chi connectivity index (χ0v) is 17.5. The molecule has 3 aromatic rings. The van der Waals surface area contributed by atoms with Gasteiger partial charge in [0.1, 0.15) is 11.5 Å². The van der Waals surface area contributed by atoms with Gasteiger partial charge < -0.3 is 24.5 Å². The topological polar surface area (TPSA) is 103 Å². The number of unbranched alkanes of at least 4 members (excludes halogenated alkanes) is 2. The van der Waals surface area contributed by atoms with Gasteiger partial charge in [0.2, 0.25) is 0 Å². The molecular weight excluding hydrogens is 398 g/mol. The van der Waals surface area contributed by atoms with Gasteiger partial charge in [-0.25, -0.2) is 4.98 Å². The molecule has 2 N–H and O–H groups in total. The van der Waals surface area contributed by atoms with E-state index in [1.807, 2.05) is 0 Å². The first-order valence-electron chi connectivity index (χ1n) is 10.0. The Kier molecular flexibility index (Phi) is 7.64. The number of amides is 2. The van der Waals surface area contributed by atoms with E-state index in [1.165, 1.54) is 13.5 Å². The molecule has 2 amide bonds. The summed E-state index contributed by atoms with van der Waals surface area (Å²) in [6.07, 6.45) is 6.14. The van der Waals surface area contributed by atoms with E-state index in [2.05, 4.69) is 22.5 Å². The molecule has 0 fully saturated rings. The van der Waals surface area contributed by atoms with E-state index < -0.39 is 11.8 Å². The fourth-order valence-electron chi connectivity index (χ4n) is 2.87. The summed E-state index contributed by atoms with van der Waals surface area (Å²) in [5, 5.41) is 5.13. The van der Waals surface area contributed by atoms with Crippen molar-refractivity contribution in [3.63, 3.8) is 0 Å². The highest BCUT2D eigenvalue weighted by atomic mass is 16.5. The molecule has 0 saturated heterocycles. The Morgan fingerprint density at radius 2 is 1.71 bits per heavy atom. The minimum absolute atomic E-state index is 0.413. The highest BCUT2D eigenvalue weighted by Crippen LogP contribution is 2.32. The third kappa shape index (κ3) is 6.08. The number of benzene rings is 2. The maximum absolute atomic E-state index is 12.3. The molecule has 162 valence electrons. The summed E-state index contributed by atoms with van der Waals surface area (Å²) >= 11 is 0. The predicted molar refractivity (Wildman–Crippen MR) is 117 cm³/mol. The average molecular weight is 423 g/mol. The number of oxazole rings is 1. The lowest BCUT2D eigenvalue weighted by molar-refractivity contribution is -0.132. The molecule has 0 aliphatic carbocycles. The molecule has 0 bridgehead atoms. The van der Waals surface area contributed by atoms with Crippen LogP contribution in [0.25, 0.3) is 11.3 Å². The van der Waals surface area contributed by atoms with Crippen LogP contribution in [0.1, 0.15) is 26.2 Å². The van der Waals surface area contributed by atoms with Crippen molar-refractivity contribution in [2.24, 2.45) is 0 Å². The Labute approximate surface area is 180 Å². The second-order valence-electron chi connectivity index (χ2n) is 6.77. The van der Waals surface area contributed by atoms with Crippen molar-refractivity contribution >= 4 is 23.2 Å². The maximum atomic E-state index is 12.3. The second kappa shape index (κ2) is 10.8. The Balaban J connectivity index is 1.56. The lowest BCUT2D eigenvalue weighted by Crippen LogP contribution is -2.29. The van der Waals surface area contributed by atoms with E-state index in [4.69, 9.17) is 13.9 Å². The summed E-state index contributed by atoms with van der Waals surface area (Å²) in [5.74, 6) is 0.150. The Morgan fingerprint density at radius 3 is 2.35 bits per heavy atom. The van der Waals surface area contributed by atoms with Crippen LogP contribution in [0.15, 0.2) is 59.5 Å². The lowest BCUT2D eigenvalue weighted by atomic mass is 10.1. The molecule has 0 spiro atoms. The van der Waals surface area contributed by atoms with Gasteiger partial charge in [-0.05, 0) is 42.8 Å². The van der Waals surface area contributed by atoms with Crippen LogP contribution in [0.2, 0.25) is 0 Å². The van der Waals surface area contributed by atoms with Gasteiger partial charge in [0.05, 0.1) is 25.5 Å². The second-order valence-corrected chi connectivity index (χ2v) is 6.77. The highest BCUT2D eigenvalue weighted by Gasteiger charge is 2.16. The molecule has 8 heteroatoms. The largest absolute Gasteiger partial charge is 0.496 e. The van der Waals surface area contributed by atoms with E-state index in [9.17, 15) is 9.59 Å². The van der Waals surface area contributed by atoms with Crippen molar-refractivity contribution in [2.45, 2.75) is 26.2 Å². The number of aromatic nitrogens is 1. The molecule has 1 heterocycles. The molecular formula is C23H25N3O5. The molecule has 0 atom stereocenters. The van der Waals surface area contributed by atoms with Gasteiger partial charge in [0, 0.05) is 17.4 Å². The number of ether oxygens (including phenoxy) is 2. The normalized spacial score (nSPS) is 10.4. The van der Waals surface area contributed by atoms with Crippen LogP contribution >= 0.6 is 0 Å². The first kappa shape index (κ1) is 21.9. The first-order chi connectivity index (χ1) is 15.1. The quantitative estimate of drug-likeness (QED) is 0.388. The maximum Gasteiger partial charge on any atom is 0.314 e. The minimum atomic E-state index is -0.797. The molecule has 3 rings (SSSR count). The monoisotopic (exact) mass is 423 g/mol. The molecule has 0 aliphatic rings. The number of rotatable bonds is 9. The van der Waals surface area contributed by atoms with Crippen molar-refractivity contribution < 1.29 is 23.5 Å². The molecule has 0 unspecified atom stereocenters. The van der Waals surface area contributed by atoms with Gasteiger partial charge in [-0.1, -0.05) is 19.8 Å². The number of hydrogen-bond donors (Lipinski definition) is 2. The van der Waals surface area contributed by atoms with Gasteiger partial charge in [-0.3, -0.25) is 9.59 Å². The molecule has 0 aliphatic heterocycles. The number of nitrogens with one attached hydrogen (secondary N) is 2. The van der Waals surface area contributed by atoms with E-state index >= 15 is 0 Å². The van der Waals surface area contributed by atoms with Gasteiger partial charge >= 0.3 is 11.8 Å². The number of nitrogens with zero attached hydrogens (tertiary/aromatic N) is 1. The van der Waals surface area contributed by atoms with Gasteiger partial charge in [-0.15, -0.1) is 0 Å². The zero-order chi connectivity index (χ0) is 22.1. The van der Waals surface area contributed by atoms with Gasteiger partial charge in [0.15, 0.2) is 12.2 Å². The molecule has 2 aromatic carbocycles. The van der Waals surface area contributed by atoms with E-state index in [-0.39, 0.29) is 0 Å². The number of anilines is 2. The van der Waals surface area contributed by atoms with Crippen LogP contribution in [-0.4, -0.2) is 30.5 Å². The average Bonchev–Trinajstić information content (AvgIpc) is 3.32. The number of carbonyl (C=O) groups excluding carboxylic acids is 2. The van der Waals surface area contributed by atoms with Crippen molar-refractivity contribution in [1.29, 1.82) is 0 Å². The summed E-state index contributed by atoms with van der Waals surface area (Å²) in [6.45, 7) is 2.79. The summed E-state index contributed by atoms with van der Waals surface area (Å²) in [6, 6.07) is 11.9. The lowest BCUT2D eigenvalue weighted by Gasteiger charge is -2.11. The van der Waals surface area contributed by atoms with Crippen LogP contribution in [0.4, 0.5) is 11.4 Å². The summed E-state index contributed by atoms with van der Waals surface area (Å²) in [5.41, 5.74) is 1.59. The zero-order valence-electron chi connectivity index (χ0n) is 17.5. The highest BCUT2D eigenvalue weighted by molar-refractivity contribution is 6.43. The van der Waals surface area contributed by atoms with Crippen LogP contribution < -0.4 is 20.1 Å². The SMILES string of the molecule is CCCCCOc1ccc(NC(=O)C(=O)Nc2ccc(-c3cnco3)c(OC)c2)cc1. The molecule has 8 nitrogen and oxygen atoms in total. The third-order valence-electron chi connectivity index (χ3n) is 4.49. The van der Waals surface area contributed by atoms with Crippen LogP contribution in [0.3, 0.4) is 0 Å². The third-order valence-corrected chi connectivity index (χ3v) is 4.49. The van der Waals surface area contributed by atoms with Crippen molar-refractivity contribution in [1.82, 2.24) is 4.98 Å². The fraction of sp³-hybridized carbons (Fsp3) is 0.261. The summed E-state index contributed by atoms with van der Waals surface area (Å²) in [4.78, 5) is 28.4. The van der Waals surface area contributed by atoms with Gasteiger partial charge in [-0.2, -0.15) is 0 Å². The molecule has 0 radical (unpaired) electrons. The Hall–Kier alpha value is -3.81. The van der Waals surface area contributed by atoms with Crippen molar-refractivity contribution in [3.8, 4) is 22.8 Å². The first-order valence-corrected chi connectivity index (χ1v) is 10.0. The summed E-state index contributed by atoms with van der Waals surface area (Å²) in [7, 11) is 1.50. The number of methoxy groups -OCH3 is 1. The van der Waals surface area contributed by atoms with Crippen molar-refractivity contribution in [3.05, 3.63) is 55.1 Å². The number of hydrogen-bond acceptors (Lipinski definition) is 6. The minimum Gasteiger partial charge on any atom is -0.496 e. The predicted octanol–water partition coefficient (Wildman–Crippen LogP) is 4.50. The standard InChI is InChI=1S/C23H25N3O5/c1-3-4-5-12-30-18-9-6-16(7-10-18)25-22(27)23(28)26-17-8-11-19(20(13-17)29-2)21-14-24-15-31-21/h6-11,13-15H,3-5,12H2,1-2H3,(H,25,27)(H,26,28). The summed E-state index contributed by atoms with van der Waals surface area (Å²) < 4.78 is 16.3. The molecule has 31 heavy (non-hydrogen) atoms. The van der Waals surface area contributed by atoms with E-state index in [0.29, 0.717) is 35.1 Å². The smallest absolute Gasteiger partial charge is 0.314 e. The molecule has 1 aromatic heterocycles. The number of carbonyl (C=O) groups is 2. The van der Waals surface area contributed by atoms with Crippen molar-refractivity contribution in [2.75, 3.05) is 24.4 Å². The van der Waals surface area contributed by atoms with E-state index in [1.54, 1.807) is 48.7 Å². The fourth-order valence-corrected chi connectivity index (χ4v) is 2.87. The Bertz CT molecular complexity index is 1000. The molecule has 0 saturated carbocycles. The van der Waals surface area contributed by atoms with Crippen LogP contribution in [-0.2, 0) is 9.59 Å². The van der Waals surface area contributed by atoms with Gasteiger partial charge in [0.25, 0.3) is 0 Å². The van der Waals surface area contributed by atoms with Crippen LogP contribution in [0.5, 0.6) is 11.5 Å².